The van der Waals surface area contributed by atoms with E-state index in [0.29, 0.717) is 13.2 Å². The Morgan fingerprint density at radius 2 is 1.57 bits per heavy atom. The highest BCUT2D eigenvalue weighted by atomic mass is 79.9. The number of hydrogen-bond acceptors (Lipinski definition) is 3. The van der Waals surface area contributed by atoms with Crippen molar-refractivity contribution in [1.82, 2.24) is 9.97 Å². The smallest absolute Gasteiger partial charge is 0.163 e. The summed E-state index contributed by atoms with van der Waals surface area (Å²) in [5, 5.41) is 0. The number of aromatic nitrogens is 2. The van der Waals surface area contributed by atoms with Crippen molar-refractivity contribution in [3.05, 3.63) is 39.3 Å². The van der Waals surface area contributed by atoms with Crippen molar-refractivity contribution in [1.29, 1.82) is 0 Å². The van der Waals surface area contributed by atoms with Gasteiger partial charge in [-0.15, -0.1) is 0 Å². The molecule has 3 aromatic rings. The van der Waals surface area contributed by atoms with Crippen molar-refractivity contribution >= 4 is 42.9 Å². The van der Waals surface area contributed by atoms with Gasteiger partial charge in [0.05, 0.1) is 11.0 Å². The van der Waals surface area contributed by atoms with Gasteiger partial charge in [0.2, 0.25) is 0 Å². The van der Waals surface area contributed by atoms with Crippen LogP contribution in [0.4, 0.5) is 0 Å². The SMILES string of the molecule is Brc1cc(Br)cc(-c2nc3cc4c(cc3[nH]2)OCCO4)c1. The number of H-pyrrole nitrogens is 1. The first-order chi connectivity index (χ1) is 10.2. The van der Waals surface area contributed by atoms with Crippen molar-refractivity contribution in [3.8, 4) is 22.9 Å². The lowest BCUT2D eigenvalue weighted by Gasteiger charge is -2.17. The maximum Gasteiger partial charge on any atom is 0.163 e. The van der Waals surface area contributed by atoms with E-state index in [4.69, 9.17) is 9.47 Å². The minimum atomic E-state index is 0.578. The van der Waals surface area contributed by atoms with Crippen molar-refractivity contribution < 1.29 is 9.47 Å². The van der Waals surface area contributed by atoms with Crippen molar-refractivity contribution in [2.45, 2.75) is 0 Å². The van der Waals surface area contributed by atoms with E-state index in [1.807, 2.05) is 30.3 Å². The van der Waals surface area contributed by atoms with Gasteiger partial charge in [-0.2, -0.15) is 0 Å². The maximum absolute atomic E-state index is 5.60. The van der Waals surface area contributed by atoms with Gasteiger partial charge in [0.25, 0.3) is 0 Å². The van der Waals surface area contributed by atoms with Crippen LogP contribution in [-0.4, -0.2) is 23.2 Å². The van der Waals surface area contributed by atoms with E-state index in [1.54, 1.807) is 0 Å². The Bertz CT molecular complexity index is 782. The monoisotopic (exact) mass is 408 g/mol. The Morgan fingerprint density at radius 3 is 2.29 bits per heavy atom. The zero-order valence-corrected chi connectivity index (χ0v) is 14.0. The summed E-state index contributed by atoms with van der Waals surface area (Å²) in [5.41, 5.74) is 2.81. The van der Waals surface area contributed by atoms with Gasteiger partial charge in [-0.1, -0.05) is 31.9 Å². The second-order valence-corrected chi connectivity index (χ2v) is 6.59. The van der Waals surface area contributed by atoms with Crippen LogP contribution in [0.15, 0.2) is 39.3 Å². The molecule has 0 fully saturated rings. The Kier molecular flexibility index (Phi) is 3.15. The zero-order valence-electron chi connectivity index (χ0n) is 10.8. The Morgan fingerprint density at radius 1 is 0.905 bits per heavy atom. The van der Waals surface area contributed by atoms with E-state index < -0.39 is 0 Å². The topological polar surface area (TPSA) is 47.1 Å². The normalized spacial score (nSPS) is 13.6. The minimum Gasteiger partial charge on any atom is -0.486 e. The summed E-state index contributed by atoms with van der Waals surface area (Å²) >= 11 is 6.99. The molecule has 1 aliphatic rings. The first-order valence-electron chi connectivity index (χ1n) is 6.45. The molecule has 0 atom stereocenters. The number of fused-ring (bicyclic) bond motifs is 2. The predicted octanol–water partition coefficient (Wildman–Crippen LogP) is 4.53. The molecule has 1 aliphatic heterocycles. The molecular weight excluding hydrogens is 400 g/mol. The molecule has 1 aromatic heterocycles. The van der Waals surface area contributed by atoms with Gasteiger partial charge in [-0.25, -0.2) is 4.98 Å². The molecule has 0 spiro atoms. The highest BCUT2D eigenvalue weighted by molar-refractivity contribution is 9.11. The highest BCUT2D eigenvalue weighted by Crippen LogP contribution is 2.35. The summed E-state index contributed by atoms with van der Waals surface area (Å²) in [4.78, 5) is 7.97. The summed E-state index contributed by atoms with van der Waals surface area (Å²) in [6.45, 7) is 1.16. The van der Waals surface area contributed by atoms with Crippen LogP contribution in [0.5, 0.6) is 11.5 Å². The second-order valence-electron chi connectivity index (χ2n) is 4.76. The fourth-order valence-electron chi connectivity index (χ4n) is 2.37. The largest absolute Gasteiger partial charge is 0.486 e. The van der Waals surface area contributed by atoms with Crippen LogP contribution in [0.2, 0.25) is 0 Å². The van der Waals surface area contributed by atoms with E-state index in [-0.39, 0.29) is 0 Å². The van der Waals surface area contributed by atoms with Crippen LogP contribution in [0, 0.1) is 0 Å². The molecule has 0 unspecified atom stereocenters. The number of aromatic amines is 1. The highest BCUT2D eigenvalue weighted by Gasteiger charge is 2.15. The molecule has 4 rings (SSSR count). The van der Waals surface area contributed by atoms with Crippen molar-refractivity contribution in [3.63, 3.8) is 0 Å². The third kappa shape index (κ3) is 2.42. The van der Waals surface area contributed by atoms with E-state index in [0.717, 1.165) is 42.9 Å². The van der Waals surface area contributed by atoms with Gasteiger partial charge < -0.3 is 14.5 Å². The lowest BCUT2D eigenvalue weighted by Crippen LogP contribution is -2.15. The van der Waals surface area contributed by atoms with Gasteiger partial charge in [-0.3, -0.25) is 0 Å². The molecule has 0 saturated heterocycles. The lowest BCUT2D eigenvalue weighted by atomic mass is 10.2. The minimum absolute atomic E-state index is 0.578. The van der Waals surface area contributed by atoms with E-state index in [2.05, 4.69) is 41.8 Å². The van der Waals surface area contributed by atoms with Gasteiger partial charge in [0.1, 0.15) is 19.0 Å². The number of nitrogens with zero attached hydrogens (tertiary/aromatic N) is 1. The number of rotatable bonds is 1. The number of halogens is 2. The fraction of sp³-hybridized carbons (Fsp3) is 0.133. The van der Waals surface area contributed by atoms with Crippen LogP contribution in [0.25, 0.3) is 22.4 Å². The van der Waals surface area contributed by atoms with Gasteiger partial charge in [0, 0.05) is 26.6 Å². The maximum atomic E-state index is 5.60. The van der Waals surface area contributed by atoms with E-state index in [1.165, 1.54) is 0 Å². The molecular formula is C15H10Br2N2O2. The summed E-state index contributed by atoms with van der Waals surface area (Å²) < 4.78 is 13.2. The Hall–Kier alpha value is -1.53. The predicted molar refractivity (Wildman–Crippen MR) is 87.9 cm³/mol. The van der Waals surface area contributed by atoms with Crippen LogP contribution in [0.3, 0.4) is 0 Å². The molecule has 1 N–H and O–H groups in total. The summed E-state index contributed by atoms with van der Waals surface area (Å²) in [7, 11) is 0. The molecule has 2 aromatic carbocycles. The molecule has 0 radical (unpaired) electrons. The van der Waals surface area contributed by atoms with Gasteiger partial charge >= 0.3 is 0 Å². The Balaban J connectivity index is 1.86. The summed E-state index contributed by atoms with van der Waals surface area (Å²) in [6, 6.07) is 9.89. The number of benzene rings is 2. The number of hydrogen-bond donors (Lipinski definition) is 1. The quantitative estimate of drug-likeness (QED) is 0.642. The molecule has 2 heterocycles. The fourth-order valence-corrected chi connectivity index (χ4v) is 3.67. The molecule has 4 nitrogen and oxygen atoms in total. The average Bonchev–Trinajstić information content (AvgIpc) is 2.86. The number of nitrogens with one attached hydrogen (secondary N) is 1. The van der Waals surface area contributed by atoms with Crippen LogP contribution < -0.4 is 9.47 Å². The first-order valence-corrected chi connectivity index (χ1v) is 8.03. The van der Waals surface area contributed by atoms with Crippen LogP contribution in [0.1, 0.15) is 0 Å². The molecule has 106 valence electrons. The molecule has 0 aliphatic carbocycles. The van der Waals surface area contributed by atoms with Gasteiger partial charge in [-0.05, 0) is 18.2 Å². The first kappa shape index (κ1) is 13.2. The van der Waals surface area contributed by atoms with E-state index in [9.17, 15) is 0 Å². The van der Waals surface area contributed by atoms with Crippen molar-refractivity contribution in [2.24, 2.45) is 0 Å². The number of ether oxygens (including phenoxy) is 2. The number of imidazole rings is 1. The third-order valence-corrected chi connectivity index (χ3v) is 4.20. The molecule has 0 saturated carbocycles. The van der Waals surface area contributed by atoms with Crippen molar-refractivity contribution in [2.75, 3.05) is 13.2 Å². The van der Waals surface area contributed by atoms with Crippen LogP contribution >= 0.6 is 31.9 Å². The average molecular weight is 410 g/mol. The third-order valence-electron chi connectivity index (χ3n) is 3.28. The lowest BCUT2D eigenvalue weighted by molar-refractivity contribution is 0.172. The zero-order chi connectivity index (χ0) is 14.4. The van der Waals surface area contributed by atoms with Gasteiger partial charge in [0.15, 0.2) is 11.5 Å². The molecule has 21 heavy (non-hydrogen) atoms. The molecule has 0 bridgehead atoms. The standard InChI is InChI=1S/C15H10Br2N2O2/c16-9-3-8(4-10(17)5-9)15-18-11-6-13-14(7-12(11)19-15)21-2-1-20-13/h3-7H,1-2H2,(H,18,19). The Labute approximate surface area is 137 Å². The summed E-state index contributed by atoms with van der Waals surface area (Å²) in [6.07, 6.45) is 0. The molecule has 0 amide bonds. The van der Waals surface area contributed by atoms with E-state index >= 15 is 0 Å². The second kappa shape index (κ2) is 5.03. The summed E-state index contributed by atoms with van der Waals surface area (Å²) in [5.74, 6) is 2.33. The van der Waals surface area contributed by atoms with Crippen LogP contribution in [-0.2, 0) is 0 Å². The molecule has 6 heteroatoms.